The molecule has 0 radical (unpaired) electrons. The van der Waals surface area contributed by atoms with Gasteiger partial charge in [0.15, 0.2) is 0 Å². The van der Waals surface area contributed by atoms with Crippen molar-refractivity contribution in [2.75, 3.05) is 0 Å². The van der Waals surface area contributed by atoms with E-state index in [0.29, 0.717) is 18.4 Å². The lowest BCUT2D eigenvalue weighted by Crippen LogP contribution is -2.25. The van der Waals surface area contributed by atoms with Gasteiger partial charge in [0.2, 0.25) is 0 Å². The van der Waals surface area contributed by atoms with Gasteiger partial charge < -0.3 is 20.9 Å². The molecule has 2 aliphatic carbocycles. The lowest BCUT2D eigenvalue weighted by Gasteiger charge is -2.17. The van der Waals surface area contributed by atoms with E-state index in [0.717, 1.165) is 64.2 Å². The van der Waals surface area contributed by atoms with Gasteiger partial charge in [0.25, 0.3) is 0 Å². The summed E-state index contributed by atoms with van der Waals surface area (Å²) in [6.07, 6.45) is 5.73. The summed E-state index contributed by atoms with van der Waals surface area (Å²) in [5, 5.41) is 19.7. The van der Waals surface area contributed by atoms with Crippen LogP contribution in [0.4, 0.5) is 0 Å². The van der Waals surface area contributed by atoms with Gasteiger partial charge >= 0.3 is 5.97 Å². The molecule has 1 fully saturated rings. The molecule has 0 amide bonds. The zero-order valence-electron chi connectivity index (χ0n) is 18.8. The first-order valence-corrected chi connectivity index (χ1v) is 11.2. The number of fused-ring (bicyclic) bond motifs is 3. The average Bonchev–Trinajstić information content (AvgIpc) is 3.37. The smallest absolute Gasteiger partial charge is 0.337 e. The third-order valence-corrected chi connectivity index (χ3v) is 6.41. The Hall–Kier alpha value is -3.40. The molecule has 2 heterocycles. The molecule has 0 saturated heterocycles. The molecular weight excluding hydrogens is 414 g/mol. The maximum absolute atomic E-state index is 12.1. The van der Waals surface area contributed by atoms with Crippen LogP contribution in [-0.4, -0.2) is 37.3 Å². The molecule has 0 unspecified atom stereocenters. The van der Waals surface area contributed by atoms with Crippen molar-refractivity contribution in [1.82, 2.24) is 9.97 Å². The molecule has 2 aliphatic rings. The highest BCUT2D eigenvalue weighted by Gasteiger charge is 2.40. The molecule has 33 heavy (non-hydrogen) atoms. The molecule has 0 aliphatic heterocycles. The molecule has 0 atom stereocenters. The van der Waals surface area contributed by atoms with Crippen molar-refractivity contribution in [3.8, 4) is 34.4 Å². The number of aromatic amines is 1. The zero-order chi connectivity index (χ0) is 23.4. The van der Waals surface area contributed by atoms with Crippen LogP contribution in [0.2, 0.25) is 0 Å². The number of carbonyl (C=O) groups is 1. The van der Waals surface area contributed by atoms with Crippen LogP contribution in [-0.2, 0) is 19.3 Å². The minimum absolute atomic E-state index is 0.278. The summed E-state index contributed by atoms with van der Waals surface area (Å²) in [6, 6.07) is 9.77. The lowest BCUT2D eigenvalue weighted by molar-refractivity contribution is 0.0694. The number of nitrogens with two attached hydrogens (primary N) is 1. The number of hydrogen-bond donors (Lipinski definition) is 4. The van der Waals surface area contributed by atoms with Gasteiger partial charge in [0.1, 0.15) is 5.60 Å². The molecule has 1 aromatic carbocycles. The van der Waals surface area contributed by atoms with Crippen molar-refractivity contribution in [2.45, 2.75) is 57.1 Å². The van der Waals surface area contributed by atoms with Gasteiger partial charge in [-0.05, 0) is 68.9 Å². The van der Waals surface area contributed by atoms with E-state index in [9.17, 15) is 15.0 Å². The fourth-order valence-electron chi connectivity index (χ4n) is 4.44. The third kappa shape index (κ3) is 4.30. The molecule has 0 spiro atoms. The number of aromatic nitrogens is 2. The Morgan fingerprint density at radius 1 is 1.24 bits per heavy atom. The summed E-state index contributed by atoms with van der Waals surface area (Å²) in [5.74, 6) is 4.90. The summed E-state index contributed by atoms with van der Waals surface area (Å²) in [6.45, 7) is 3.30. The summed E-state index contributed by atoms with van der Waals surface area (Å²) >= 11 is 0. The highest BCUT2D eigenvalue weighted by atomic mass is 16.4. The van der Waals surface area contributed by atoms with E-state index < -0.39 is 11.6 Å². The minimum Gasteiger partial charge on any atom is -0.478 e. The first kappa shape index (κ1) is 21.4. The summed E-state index contributed by atoms with van der Waals surface area (Å²) in [5.41, 5.74) is 12.5. The number of nitrogens with zero attached hydrogens (tertiary/aromatic N) is 1. The number of hydrogen-bond acceptors (Lipinski definition) is 4. The van der Waals surface area contributed by atoms with E-state index in [-0.39, 0.29) is 5.54 Å². The zero-order valence-corrected chi connectivity index (χ0v) is 18.8. The van der Waals surface area contributed by atoms with Crippen molar-refractivity contribution >= 4 is 5.97 Å². The predicted octanol–water partition coefficient (Wildman–Crippen LogP) is 3.70. The SMILES string of the molecule is CC(C)(O)C#Cc1ccc(-c2cc3c(cn2)CCc2c-3[nH]c(CC3(N)CC3)c2C(=O)O)cc1. The number of nitrogens with one attached hydrogen (secondary N) is 1. The number of aliphatic hydroxyl groups is 1. The second-order valence-corrected chi connectivity index (χ2v) is 9.79. The fraction of sp³-hybridized carbons (Fsp3) is 0.333. The quantitative estimate of drug-likeness (QED) is 0.461. The normalized spacial score (nSPS) is 15.8. The van der Waals surface area contributed by atoms with Gasteiger partial charge in [-0.25, -0.2) is 4.79 Å². The van der Waals surface area contributed by atoms with Gasteiger partial charge in [-0.15, -0.1) is 0 Å². The number of aryl methyl sites for hydroxylation is 1. The summed E-state index contributed by atoms with van der Waals surface area (Å²) in [4.78, 5) is 20.2. The molecule has 168 valence electrons. The van der Waals surface area contributed by atoms with Crippen molar-refractivity contribution < 1.29 is 15.0 Å². The summed E-state index contributed by atoms with van der Waals surface area (Å²) in [7, 11) is 0. The first-order valence-electron chi connectivity index (χ1n) is 11.2. The van der Waals surface area contributed by atoms with Crippen molar-refractivity contribution in [3.05, 3.63) is 64.5 Å². The van der Waals surface area contributed by atoms with Crippen LogP contribution in [0.15, 0.2) is 36.5 Å². The van der Waals surface area contributed by atoms with Crippen molar-refractivity contribution in [2.24, 2.45) is 5.73 Å². The highest BCUT2D eigenvalue weighted by Crippen LogP contribution is 2.41. The maximum atomic E-state index is 12.1. The highest BCUT2D eigenvalue weighted by molar-refractivity contribution is 5.95. The third-order valence-electron chi connectivity index (χ3n) is 6.41. The predicted molar refractivity (Wildman–Crippen MR) is 127 cm³/mol. The Balaban J connectivity index is 1.52. The number of rotatable bonds is 4. The molecule has 0 bridgehead atoms. The van der Waals surface area contributed by atoms with E-state index in [1.807, 2.05) is 36.5 Å². The monoisotopic (exact) mass is 441 g/mol. The Kier molecular flexibility index (Phi) is 4.93. The second kappa shape index (κ2) is 7.58. The maximum Gasteiger partial charge on any atom is 0.337 e. The minimum atomic E-state index is -1.04. The van der Waals surface area contributed by atoms with E-state index in [1.165, 1.54) is 0 Å². The van der Waals surface area contributed by atoms with Crippen LogP contribution in [0.1, 0.15) is 59.4 Å². The molecule has 3 aromatic rings. The van der Waals surface area contributed by atoms with Gasteiger partial charge in [-0.3, -0.25) is 4.98 Å². The number of carboxylic acids is 1. The molecule has 6 nitrogen and oxygen atoms in total. The molecular formula is C27H27N3O3. The fourth-order valence-corrected chi connectivity index (χ4v) is 4.44. The second-order valence-electron chi connectivity index (χ2n) is 9.79. The number of benzene rings is 1. The van der Waals surface area contributed by atoms with Crippen LogP contribution >= 0.6 is 0 Å². The van der Waals surface area contributed by atoms with Crippen molar-refractivity contribution in [1.29, 1.82) is 0 Å². The topological polar surface area (TPSA) is 112 Å². The number of pyridine rings is 1. The van der Waals surface area contributed by atoms with Crippen molar-refractivity contribution in [3.63, 3.8) is 0 Å². The van der Waals surface area contributed by atoms with Gasteiger partial charge in [-0.2, -0.15) is 0 Å². The molecule has 1 saturated carbocycles. The Bertz CT molecular complexity index is 1310. The molecule has 5 rings (SSSR count). The largest absolute Gasteiger partial charge is 0.478 e. The lowest BCUT2D eigenvalue weighted by atomic mass is 9.88. The van der Waals surface area contributed by atoms with Crippen LogP contribution in [0.25, 0.3) is 22.5 Å². The molecule has 5 N–H and O–H groups in total. The van der Waals surface area contributed by atoms with Crippen LogP contribution < -0.4 is 5.73 Å². The van der Waals surface area contributed by atoms with Crippen LogP contribution in [0.5, 0.6) is 0 Å². The van der Waals surface area contributed by atoms with E-state index in [4.69, 9.17) is 5.73 Å². The van der Waals surface area contributed by atoms with Crippen LogP contribution in [0, 0.1) is 11.8 Å². The Morgan fingerprint density at radius 3 is 2.61 bits per heavy atom. The first-order chi connectivity index (χ1) is 15.6. The summed E-state index contributed by atoms with van der Waals surface area (Å²) < 4.78 is 0. The van der Waals surface area contributed by atoms with E-state index in [1.54, 1.807) is 13.8 Å². The van der Waals surface area contributed by atoms with Gasteiger partial charge in [-0.1, -0.05) is 24.0 Å². The molecule has 6 heteroatoms. The van der Waals surface area contributed by atoms with Gasteiger partial charge in [0, 0.05) is 40.5 Å². The number of aromatic carboxylic acids is 1. The number of carboxylic acid groups (broad SMARTS) is 1. The molecule has 2 aromatic heterocycles. The number of H-pyrrole nitrogens is 1. The average molecular weight is 442 g/mol. The Morgan fingerprint density at radius 2 is 1.97 bits per heavy atom. The van der Waals surface area contributed by atoms with E-state index >= 15 is 0 Å². The Labute approximate surface area is 192 Å². The standard InChI is InChI=1S/C27H27N3O3/c1-26(2,33)10-9-16-3-5-17(6-4-16)21-13-20-18(15-29-21)7-8-19-23(25(31)32)22(30-24(19)20)14-27(28)11-12-27/h3-6,13,15,30,33H,7-8,11-12,14,28H2,1-2H3,(H,31,32). The van der Waals surface area contributed by atoms with E-state index in [2.05, 4.69) is 21.8 Å². The van der Waals surface area contributed by atoms with Gasteiger partial charge in [0.05, 0.1) is 17.0 Å². The van der Waals surface area contributed by atoms with Crippen LogP contribution in [0.3, 0.4) is 0 Å².